The predicted octanol–water partition coefficient (Wildman–Crippen LogP) is 4.87. The molecule has 2 heteroatoms. The molecule has 5 rings (SSSR count). The number of benzene rings is 3. The molecule has 1 heterocycles. The van der Waals surface area contributed by atoms with Gasteiger partial charge in [0.1, 0.15) is 6.33 Å². The molecule has 0 saturated carbocycles. The second kappa shape index (κ2) is 4.75. The molecule has 0 aliphatic heterocycles. The van der Waals surface area contributed by atoms with Crippen molar-refractivity contribution < 1.29 is 0 Å². The molecule has 0 radical (unpaired) electrons. The van der Waals surface area contributed by atoms with Gasteiger partial charge < -0.3 is 0 Å². The molecular weight excluding hydrogens is 280 g/mol. The Balaban J connectivity index is 1.73. The van der Waals surface area contributed by atoms with Crippen LogP contribution < -0.4 is 0 Å². The van der Waals surface area contributed by atoms with Crippen molar-refractivity contribution in [1.82, 2.24) is 9.97 Å². The number of fused-ring (bicyclic) bond motifs is 4. The molecule has 4 aromatic rings. The normalized spacial score (nSPS) is 12.2. The Morgan fingerprint density at radius 1 is 0.696 bits per heavy atom. The lowest BCUT2D eigenvalue weighted by molar-refractivity contribution is 1.13. The van der Waals surface area contributed by atoms with Crippen LogP contribution in [0.1, 0.15) is 11.1 Å². The predicted molar refractivity (Wildman–Crippen MR) is 93.2 cm³/mol. The molecule has 1 aromatic heterocycles. The fourth-order valence-corrected chi connectivity index (χ4v) is 3.49. The van der Waals surface area contributed by atoms with Crippen molar-refractivity contribution in [2.24, 2.45) is 0 Å². The molecular formula is C21H14N2. The zero-order valence-corrected chi connectivity index (χ0v) is 12.5. The Morgan fingerprint density at radius 2 is 1.48 bits per heavy atom. The van der Waals surface area contributed by atoms with Crippen LogP contribution in [0.2, 0.25) is 0 Å². The molecule has 0 N–H and O–H groups in total. The lowest BCUT2D eigenvalue weighted by Gasteiger charge is -2.08. The summed E-state index contributed by atoms with van der Waals surface area (Å²) >= 11 is 0. The van der Waals surface area contributed by atoms with E-state index in [1.54, 1.807) is 6.33 Å². The summed E-state index contributed by atoms with van der Waals surface area (Å²) < 4.78 is 0. The summed E-state index contributed by atoms with van der Waals surface area (Å²) in [6.07, 6.45) is 2.60. The lowest BCUT2D eigenvalue weighted by atomic mass is 10.0. The van der Waals surface area contributed by atoms with E-state index in [4.69, 9.17) is 0 Å². The minimum absolute atomic E-state index is 0.911. The third-order valence-corrected chi connectivity index (χ3v) is 4.61. The van der Waals surface area contributed by atoms with Crippen molar-refractivity contribution in [3.8, 4) is 22.5 Å². The SMILES string of the molecule is c1ccc2c(c1)Cc1c(-c3ccc4ccccc4c3)ncnc1-2. The quantitative estimate of drug-likeness (QED) is 0.441. The van der Waals surface area contributed by atoms with Gasteiger partial charge in [-0.25, -0.2) is 9.97 Å². The van der Waals surface area contributed by atoms with Crippen molar-refractivity contribution in [1.29, 1.82) is 0 Å². The van der Waals surface area contributed by atoms with Crippen molar-refractivity contribution in [3.63, 3.8) is 0 Å². The second-order valence-electron chi connectivity index (χ2n) is 5.95. The van der Waals surface area contributed by atoms with E-state index >= 15 is 0 Å². The second-order valence-corrected chi connectivity index (χ2v) is 5.95. The van der Waals surface area contributed by atoms with E-state index in [1.165, 1.54) is 27.5 Å². The summed E-state index contributed by atoms with van der Waals surface area (Å²) in [4.78, 5) is 9.14. The number of aromatic nitrogens is 2. The highest BCUT2D eigenvalue weighted by Gasteiger charge is 2.23. The van der Waals surface area contributed by atoms with Gasteiger partial charge in [0.2, 0.25) is 0 Å². The highest BCUT2D eigenvalue weighted by atomic mass is 14.9. The minimum atomic E-state index is 0.911. The van der Waals surface area contributed by atoms with Crippen molar-refractivity contribution in [3.05, 3.63) is 84.2 Å². The summed E-state index contributed by atoms with van der Waals surface area (Å²) in [6, 6.07) is 23.5. The van der Waals surface area contributed by atoms with Gasteiger partial charge in [0.15, 0.2) is 0 Å². The van der Waals surface area contributed by atoms with E-state index < -0.39 is 0 Å². The third-order valence-electron chi connectivity index (χ3n) is 4.61. The number of hydrogen-bond acceptors (Lipinski definition) is 2. The first kappa shape index (κ1) is 12.5. The van der Waals surface area contributed by atoms with Gasteiger partial charge in [-0.2, -0.15) is 0 Å². The van der Waals surface area contributed by atoms with Gasteiger partial charge in [-0.15, -0.1) is 0 Å². The van der Waals surface area contributed by atoms with Crippen LogP contribution in [0.3, 0.4) is 0 Å². The van der Waals surface area contributed by atoms with Crippen molar-refractivity contribution in [2.45, 2.75) is 6.42 Å². The number of rotatable bonds is 1. The van der Waals surface area contributed by atoms with E-state index in [9.17, 15) is 0 Å². The zero-order valence-electron chi connectivity index (χ0n) is 12.5. The topological polar surface area (TPSA) is 25.8 Å². The lowest BCUT2D eigenvalue weighted by Crippen LogP contribution is -1.94. The van der Waals surface area contributed by atoms with Crippen LogP contribution in [0.5, 0.6) is 0 Å². The molecule has 108 valence electrons. The van der Waals surface area contributed by atoms with E-state index in [0.717, 1.165) is 23.4 Å². The largest absolute Gasteiger partial charge is 0.236 e. The number of hydrogen-bond donors (Lipinski definition) is 0. The molecule has 0 fully saturated rings. The molecule has 2 nitrogen and oxygen atoms in total. The maximum absolute atomic E-state index is 4.60. The summed E-state index contributed by atoms with van der Waals surface area (Å²) in [6.45, 7) is 0. The average molecular weight is 294 g/mol. The Kier molecular flexibility index (Phi) is 2.59. The van der Waals surface area contributed by atoms with Gasteiger partial charge >= 0.3 is 0 Å². The van der Waals surface area contributed by atoms with Crippen LogP contribution in [0.4, 0.5) is 0 Å². The molecule has 0 atom stereocenters. The highest BCUT2D eigenvalue weighted by molar-refractivity contribution is 5.88. The standard InChI is InChI=1S/C21H14N2/c1-2-6-15-11-17(10-9-14(15)5-1)20-19-12-16-7-3-4-8-18(16)21(19)23-13-22-20/h1-11,13H,12H2. The molecule has 1 aliphatic carbocycles. The molecule has 1 aliphatic rings. The van der Waals surface area contributed by atoms with Crippen LogP contribution in [0, 0.1) is 0 Å². The fraction of sp³-hybridized carbons (Fsp3) is 0.0476. The number of nitrogens with zero attached hydrogens (tertiary/aromatic N) is 2. The fourth-order valence-electron chi connectivity index (χ4n) is 3.49. The van der Waals surface area contributed by atoms with Crippen LogP contribution >= 0.6 is 0 Å². The molecule has 0 saturated heterocycles. The Morgan fingerprint density at radius 3 is 2.43 bits per heavy atom. The first-order chi connectivity index (χ1) is 11.4. The summed E-state index contributed by atoms with van der Waals surface area (Å²) in [7, 11) is 0. The van der Waals surface area contributed by atoms with Gasteiger partial charge in [0.05, 0.1) is 11.4 Å². The monoisotopic (exact) mass is 294 g/mol. The van der Waals surface area contributed by atoms with Gasteiger partial charge in [-0.3, -0.25) is 0 Å². The van der Waals surface area contributed by atoms with Crippen molar-refractivity contribution >= 4 is 10.8 Å². The summed E-state index contributed by atoms with van der Waals surface area (Å²) in [5, 5.41) is 2.50. The molecule has 0 bridgehead atoms. The summed E-state index contributed by atoms with van der Waals surface area (Å²) in [5.74, 6) is 0. The van der Waals surface area contributed by atoms with E-state index in [0.29, 0.717) is 0 Å². The summed E-state index contributed by atoms with van der Waals surface area (Å²) in [5.41, 5.74) is 7.12. The van der Waals surface area contributed by atoms with Gasteiger partial charge in [-0.05, 0) is 22.4 Å². The minimum Gasteiger partial charge on any atom is -0.236 e. The van der Waals surface area contributed by atoms with Gasteiger partial charge in [-0.1, -0.05) is 60.7 Å². The molecule has 0 spiro atoms. The van der Waals surface area contributed by atoms with E-state index in [2.05, 4.69) is 76.7 Å². The van der Waals surface area contributed by atoms with E-state index in [1.807, 2.05) is 0 Å². The van der Waals surface area contributed by atoms with Crippen LogP contribution in [-0.4, -0.2) is 9.97 Å². The van der Waals surface area contributed by atoms with Gasteiger partial charge in [0.25, 0.3) is 0 Å². The molecule has 0 unspecified atom stereocenters. The molecule has 0 amide bonds. The zero-order chi connectivity index (χ0) is 15.2. The smallest absolute Gasteiger partial charge is 0.116 e. The Bertz CT molecular complexity index is 1050. The Hall–Kier alpha value is -3.00. The first-order valence-corrected chi connectivity index (χ1v) is 7.81. The third kappa shape index (κ3) is 1.88. The van der Waals surface area contributed by atoms with Crippen molar-refractivity contribution in [2.75, 3.05) is 0 Å². The first-order valence-electron chi connectivity index (χ1n) is 7.81. The maximum Gasteiger partial charge on any atom is 0.116 e. The average Bonchev–Trinajstić information content (AvgIpc) is 3.00. The van der Waals surface area contributed by atoms with Gasteiger partial charge in [0, 0.05) is 23.1 Å². The van der Waals surface area contributed by atoms with Crippen LogP contribution in [-0.2, 0) is 6.42 Å². The molecule has 23 heavy (non-hydrogen) atoms. The van der Waals surface area contributed by atoms with E-state index in [-0.39, 0.29) is 0 Å². The maximum atomic E-state index is 4.60. The molecule has 3 aromatic carbocycles. The highest BCUT2D eigenvalue weighted by Crippen LogP contribution is 2.39. The Labute approximate surface area is 134 Å². The van der Waals surface area contributed by atoms with Crippen LogP contribution in [0.15, 0.2) is 73.1 Å². The van der Waals surface area contributed by atoms with Crippen LogP contribution in [0.25, 0.3) is 33.3 Å².